The first kappa shape index (κ1) is 54.5. The number of carbonyl (C=O) groups is 1. The molecule has 0 saturated carbocycles. The second-order valence-electron chi connectivity index (χ2n) is 15.5. The molecule has 0 saturated heterocycles. The van der Waals surface area contributed by atoms with Gasteiger partial charge >= 0.3 is 13.8 Å². The smallest absolute Gasteiger partial charge is 0.463 e. The third-order valence-electron chi connectivity index (χ3n) is 9.96. The van der Waals surface area contributed by atoms with Crippen LogP contribution < -0.4 is 5.73 Å². The minimum Gasteiger partial charge on any atom is -0.463 e. The van der Waals surface area contributed by atoms with E-state index >= 15 is 0 Å². The zero-order valence-electron chi connectivity index (χ0n) is 36.1. The summed E-state index contributed by atoms with van der Waals surface area (Å²) in [4.78, 5) is 21.3. The van der Waals surface area contributed by atoms with Gasteiger partial charge in [0, 0.05) is 13.0 Å². The molecule has 0 aromatic heterocycles. The Labute approximate surface area is 345 Å². The van der Waals surface area contributed by atoms with Crippen LogP contribution in [0.1, 0.15) is 212 Å². The summed E-state index contributed by atoms with van der Waals surface area (Å²) >= 11 is 0. The Bertz CT molecular complexity index is 999. The van der Waals surface area contributed by atoms with Gasteiger partial charge in [0.05, 0.1) is 13.2 Å². The number of phosphoric acid groups is 1. The number of rotatable bonds is 44. The van der Waals surface area contributed by atoms with Crippen molar-refractivity contribution >= 4 is 13.8 Å². The largest absolute Gasteiger partial charge is 0.472 e. The molecule has 0 aliphatic carbocycles. The highest BCUT2D eigenvalue weighted by atomic mass is 31.2. The highest BCUT2D eigenvalue weighted by Gasteiger charge is 2.22. The van der Waals surface area contributed by atoms with Gasteiger partial charge in [-0.1, -0.05) is 210 Å². The molecule has 2 atom stereocenters. The average molecular weight is 810 g/mol. The summed E-state index contributed by atoms with van der Waals surface area (Å²) < 4.78 is 25.8. The Balaban J connectivity index is 3.27. The second kappa shape index (κ2) is 44.6. The summed E-state index contributed by atoms with van der Waals surface area (Å²) in [6, 6.07) is 0. The second-order valence-corrected chi connectivity index (χ2v) is 16.9. The molecule has 2 unspecified atom stereocenters. The van der Waals surface area contributed by atoms with Gasteiger partial charge < -0.3 is 20.5 Å². The molecule has 0 aromatic rings. The van der Waals surface area contributed by atoms with Crippen LogP contribution in [0.3, 0.4) is 0 Å². The fourth-order valence-electron chi connectivity index (χ4n) is 6.57. The van der Waals surface area contributed by atoms with E-state index in [1.807, 2.05) is 0 Å². The number of hydrogen-bond donors (Lipinski definition) is 3. The molecule has 8 nitrogen and oxygen atoms in total. The van der Waals surface area contributed by atoms with E-state index in [0.717, 1.165) is 44.9 Å². The highest BCUT2D eigenvalue weighted by Crippen LogP contribution is 2.42. The first-order valence-electron chi connectivity index (χ1n) is 23.2. The van der Waals surface area contributed by atoms with Crippen molar-refractivity contribution < 1.29 is 33.1 Å². The molecule has 4 N–H and O–H groups in total. The maximum atomic E-state index is 11.9. The van der Waals surface area contributed by atoms with Gasteiger partial charge in [-0.25, -0.2) is 4.57 Å². The van der Waals surface area contributed by atoms with Gasteiger partial charge in [0.1, 0.15) is 12.7 Å². The molecule has 0 bridgehead atoms. The van der Waals surface area contributed by atoms with Crippen molar-refractivity contribution in [2.45, 2.75) is 218 Å². The number of allylic oxidation sites excluding steroid dienone is 8. The molecule has 56 heavy (non-hydrogen) atoms. The Morgan fingerprint density at radius 3 is 1.29 bits per heavy atom. The van der Waals surface area contributed by atoms with Crippen LogP contribution in [0.4, 0.5) is 0 Å². The topological polar surface area (TPSA) is 128 Å². The van der Waals surface area contributed by atoms with E-state index in [4.69, 9.17) is 10.5 Å². The molecule has 0 aliphatic rings. The number of aliphatic hydroxyl groups is 1. The standard InChI is InChI=1S/C47H88NO7P/c1-2-3-4-5-6-7-8-9-10-11-12-13-14-15-16-17-18-19-20-21-22-23-24-25-26-27-28-29-30-31-32-33-34-35-36-37-38-39-40-41-47(50)53-44-46(49)45-55-56(51,52)54-43-42-48/h3-4,6-7,9-10,12-13,46,49H,2,5,8,11,14-45,48H2,1H3,(H,51,52)/b4-3-,7-6-,10-9-,13-12-. The summed E-state index contributed by atoms with van der Waals surface area (Å²) in [6.07, 6.45) is 57.6. The molecular formula is C47H88NO7P. The lowest BCUT2D eigenvalue weighted by Crippen LogP contribution is -2.23. The predicted molar refractivity (Wildman–Crippen MR) is 238 cm³/mol. The van der Waals surface area contributed by atoms with Gasteiger partial charge in [0.25, 0.3) is 0 Å². The zero-order valence-corrected chi connectivity index (χ0v) is 37.0. The van der Waals surface area contributed by atoms with E-state index in [2.05, 4.69) is 64.6 Å². The van der Waals surface area contributed by atoms with E-state index < -0.39 is 20.5 Å². The SMILES string of the molecule is CC/C=C\C/C=C\C/C=C\C/C=C\CCCCCCCCCCCCCCCCCCCCCCCCCCCCC(=O)OCC(O)COP(=O)(O)OCCN. The third-order valence-corrected chi connectivity index (χ3v) is 10.9. The van der Waals surface area contributed by atoms with Gasteiger partial charge in [-0.2, -0.15) is 0 Å². The first-order chi connectivity index (χ1) is 27.4. The summed E-state index contributed by atoms with van der Waals surface area (Å²) in [5.74, 6) is -0.381. The quantitative estimate of drug-likeness (QED) is 0.0240. The van der Waals surface area contributed by atoms with Crippen molar-refractivity contribution in [2.24, 2.45) is 5.73 Å². The molecule has 328 valence electrons. The van der Waals surface area contributed by atoms with E-state index in [0.29, 0.717) is 6.42 Å². The number of aliphatic hydroxyl groups excluding tert-OH is 1. The number of ether oxygens (including phenoxy) is 1. The lowest BCUT2D eigenvalue weighted by atomic mass is 10.0. The molecule has 0 aromatic carbocycles. The van der Waals surface area contributed by atoms with Crippen molar-refractivity contribution in [1.82, 2.24) is 0 Å². The van der Waals surface area contributed by atoms with Gasteiger partial charge in [-0.05, 0) is 44.9 Å². The molecule has 0 rings (SSSR count). The van der Waals surface area contributed by atoms with Crippen LogP contribution in [0.15, 0.2) is 48.6 Å². The summed E-state index contributed by atoms with van der Waals surface area (Å²) in [7, 11) is -4.25. The van der Waals surface area contributed by atoms with Crippen LogP contribution in [0.5, 0.6) is 0 Å². The Morgan fingerprint density at radius 1 is 0.536 bits per heavy atom. The minimum absolute atomic E-state index is 0.0752. The molecule has 0 amide bonds. The van der Waals surface area contributed by atoms with Gasteiger partial charge in [0.2, 0.25) is 0 Å². The summed E-state index contributed by atoms with van der Waals surface area (Å²) in [5.41, 5.74) is 5.21. The van der Waals surface area contributed by atoms with E-state index in [-0.39, 0.29) is 25.7 Å². The van der Waals surface area contributed by atoms with Crippen molar-refractivity contribution in [3.8, 4) is 0 Å². The van der Waals surface area contributed by atoms with Crippen molar-refractivity contribution in [2.75, 3.05) is 26.4 Å². The predicted octanol–water partition coefficient (Wildman–Crippen LogP) is 13.7. The minimum atomic E-state index is -4.25. The van der Waals surface area contributed by atoms with E-state index in [1.165, 1.54) is 154 Å². The number of hydrogen-bond acceptors (Lipinski definition) is 7. The third kappa shape index (κ3) is 45.2. The monoisotopic (exact) mass is 810 g/mol. The average Bonchev–Trinajstić information content (AvgIpc) is 3.19. The molecule has 9 heteroatoms. The Morgan fingerprint density at radius 2 is 0.893 bits per heavy atom. The van der Waals surface area contributed by atoms with Crippen LogP contribution in [-0.4, -0.2) is 48.4 Å². The number of esters is 1. The maximum absolute atomic E-state index is 11.9. The fraction of sp³-hybridized carbons (Fsp3) is 0.809. The Kier molecular flexibility index (Phi) is 43.3. The number of phosphoric ester groups is 1. The van der Waals surface area contributed by atoms with Crippen molar-refractivity contribution in [3.05, 3.63) is 48.6 Å². The van der Waals surface area contributed by atoms with Crippen LogP contribution in [0.2, 0.25) is 0 Å². The molecule has 0 fully saturated rings. The Hall–Kier alpha value is -1.54. The number of carbonyl (C=O) groups excluding carboxylic acids is 1. The molecule has 0 spiro atoms. The van der Waals surface area contributed by atoms with Gasteiger partial charge in [-0.3, -0.25) is 13.8 Å². The molecule has 0 aliphatic heterocycles. The van der Waals surface area contributed by atoms with E-state index in [1.54, 1.807) is 0 Å². The van der Waals surface area contributed by atoms with Crippen molar-refractivity contribution in [3.63, 3.8) is 0 Å². The lowest BCUT2D eigenvalue weighted by Gasteiger charge is -2.15. The van der Waals surface area contributed by atoms with Crippen LogP contribution in [0.25, 0.3) is 0 Å². The van der Waals surface area contributed by atoms with Crippen LogP contribution in [0, 0.1) is 0 Å². The van der Waals surface area contributed by atoms with Gasteiger partial charge in [0.15, 0.2) is 0 Å². The maximum Gasteiger partial charge on any atom is 0.472 e. The van der Waals surface area contributed by atoms with Crippen LogP contribution >= 0.6 is 7.82 Å². The number of nitrogens with two attached hydrogens (primary N) is 1. The fourth-order valence-corrected chi connectivity index (χ4v) is 7.34. The summed E-state index contributed by atoms with van der Waals surface area (Å²) in [5, 5.41) is 9.78. The zero-order chi connectivity index (χ0) is 40.9. The lowest BCUT2D eigenvalue weighted by molar-refractivity contribution is -0.147. The first-order valence-corrected chi connectivity index (χ1v) is 24.7. The van der Waals surface area contributed by atoms with Gasteiger partial charge in [-0.15, -0.1) is 0 Å². The van der Waals surface area contributed by atoms with Crippen LogP contribution in [-0.2, 0) is 23.1 Å². The highest BCUT2D eigenvalue weighted by molar-refractivity contribution is 7.47. The van der Waals surface area contributed by atoms with E-state index in [9.17, 15) is 19.4 Å². The summed E-state index contributed by atoms with van der Waals surface area (Å²) in [6.45, 7) is 1.36. The molecular weight excluding hydrogens is 721 g/mol. The molecule has 0 radical (unpaired) electrons. The normalized spacial score (nSPS) is 13.9. The van der Waals surface area contributed by atoms with Crippen molar-refractivity contribution in [1.29, 1.82) is 0 Å². The molecule has 0 heterocycles. The number of unbranched alkanes of at least 4 members (excludes halogenated alkanes) is 26.